The number of amides is 1. The van der Waals surface area contributed by atoms with Gasteiger partial charge in [0.15, 0.2) is 0 Å². The van der Waals surface area contributed by atoms with E-state index in [1.165, 1.54) is 11.3 Å². The van der Waals surface area contributed by atoms with Gasteiger partial charge in [-0.15, -0.1) is 11.3 Å². The first kappa shape index (κ1) is 20.0. The number of hydrogen-bond acceptors (Lipinski definition) is 4. The first-order valence-electron chi connectivity index (χ1n) is 10.2. The maximum Gasteiger partial charge on any atom is 0.263 e. The average molecular weight is 441 g/mol. The molecule has 0 spiro atoms. The second-order valence-electron chi connectivity index (χ2n) is 7.38. The smallest absolute Gasteiger partial charge is 0.263 e. The van der Waals surface area contributed by atoms with Gasteiger partial charge in [-0.2, -0.15) is 0 Å². The molecule has 1 amide bonds. The summed E-state index contributed by atoms with van der Waals surface area (Å²) in [5, 5.41) is 5.76. The van der Waals surface area contributed by atoms with Gasteiger partial charge in [-0.3, -0.25) is 14.0 Å². The number of pyridine rings is 2. The Morgan fingerprint density at radius 3 is 2.56 bits per heavy atom. The van der Waals surface area contributed by atoms with Gasteiger partial charge in [-0.25, -0.2) is 0 Å². The van der Waals surface area contributed by atoms with E-state index in [1.54, 1.807) is 17.7 Å². The molecule has 0 aliphatic carbocycles. The van der Waals surface area contributed by atoms with Crippen LogP contribution < -0.4 is 15.6 Å². The number of para-hydroxylation sites is 1. The summed E-state index contributed by atoms with van der Waals surface area (Å²) in [6.07, 6.45) is 1.64. The lowest BCUT2D eigenvalue weighted by molar-refractivity contribution is 0.0952. The Hall–Kier alpha value is -3.90. The van der Waals surface area contributed by atoms with Gasteiger partial charge in [-0.05, 0) is 35.2 Å². The van der Waals surface area contributed by atoms with Crippen molar-refractivity contribution in [2.45, 2.75) is 6.54 Å². The molecule has 2 aromatic carbocycles. The quantitative estimate of drug-likeness (QED) is 0.413. The fourth-order valence-electron chi connectivity index (χ4n) is 3.91. The molecule has 5 nitrogen and oxygen atoms in total. The molecule has 3 aromatic heterocycles. The highest BCUT2D eigenvalue weighted by Crippen LogP contribution is 2.31. The molecule has 5 rings (SSSR count). The molecule has 0 saturated carbocycles. The van der Waals surface area contributed by atoms with E-state index in [2.05, 4.69) is 5.32 Å². The van der Waals surface area contributed by atoms with E-state index in [4.69, 9.17) is 4.74 Å². The van der Waals surface area contributed by atoms with E-state index in [1.807, 2.05) is 78.2 Å². The fraction of sp³-hybridized carbons (Fsp3) is 0.0769. The van der Waals surface area contributed by atoms with E-state index in [-0.39, 0.29) is 11.5 Å². The van der Waals surface area contributed by atoms with Gasteiger partial charge >= 0.3 is 0 Å². The Kier molecular flexibility index (Phi) is 5.21. The molecule has 0 bridgehead atoms. The minimum absolute atomic E-state index is 0.195. The van der Waals surface area contributed by atoms with E-state index in [9.17, 15) is 9.59 Å². The van der Waals surface area contributed by atoms with Gasteiger partial charge in [0.25, 0.3) is 11.5 Å². The van der Waals surface area contributed by atoms with Crippen LogP contribution in [0.4, 0.5) is 0 Å². The zero-order valence-corrected chi connectivity index (χ0v) is 18.2. The van der Waals surface area contributed by atoms with Crippen molar-refractivity contribution in [2.75, 3.05) is 7.11 Å². The molecule has 0 aliphatic heterocycles. The number of nitrogens with one attached hydrogen (secondary N) is 1. The lowest BCUT2D eigenvalue weighted by atomic mass is 10.0. The van der Waals surface area contributed by atoms with E-state index < -0.39 is 0 Å². The maximum absolute atomic E-state index is 13.5. The molecule has 0 aliphatic rings. The van der Waals surface area contributed by atoms with Crippen LogP contribution in [0, 0.1) is 0 Å². The highest BCUT2D eigenvalue weighted by molar-refractivity contribution is 7.18. The lowest BCUT2D eigenvalue weighted by Crippen LogP contribution is -2.25. The third-order valence-corrected chi connectivity index (χ3v) is 6.44. The predicted octanol–water partition coefficient (Wildman–Crippen LogP) is 5.12. The molecule has 0 unspecified atom stereocenters. The molecule has 158 valence electrons. The van der Waals surface area contributed by atoms with Crippen molar-refractivity contribution in [1.29, 1.82) is 0 Å². The number of carbonyl (C=O) groups excluding carboxylic acids is 1. The van der Waals surface area contributed by atoms with Gasteiger partial charge < -0.3 is 10.1 Å². The average Bonchev–Trinajstić information content (AvgIpc) is 3.33. The Morgan fingerprint density at radius 2 is 1.75 bits per heavy atom. The first-order chi connectivity index (χ1) is 15.7. The number of rotatable bonds is 5. The highest BCUT2D eigenvalue weighted by Gasteiger charge is 2.17. The number of fused-ring (bicyclic) bond motifs is 3. The molecule has 1 N–H and O–H groups in total. The first-order valence-corrected chi connectivity index (χ1v) is 11.1. The van der Waals surface area contributed by atoms with Crippen molar-refractivity contribution in [1.82, 2.24) is 9.72 Å². The molecule has 0 radical (unpaired) electrons. The van der Waals surface area contributed by atoms with Crippen molar-refractivity contribution >= 4 is 32.8 Å². The minimum Gasteiger partial charge on any atom is -0.496 e. The van der Waals surface area contributed by atoms with Crippen LogP contribution >= 0.6 is 11.3 Å². The van der Waals surface area contributed by atoms with Crippen LogP contribution in [0.1, 0.15) is 15.9 Å². The summed E-state index contributed by atoms with van der Waals surface area (Å²) in [7, 11) is 1.59. The van der Waals surface area contributed by atoms with Crippen LogP contribution in [0.3, 0.4) is 0 Å². The molecule has 6 heteroatoms. The molecular formula is C26H20N2O3S. The summed E-state index contributed by atoms with van der Waals surface area (Å²) >= 11 is 1.52. The number of nitrogens with zero attached hydrogens (tertiary/aromatic N) is 1. The van der Waals surface area contributed by atoms with Crippen molar-refractivity contribution < 1.29 is 9.53 Å². The van der Waals surface area contributed by atoms with Gasteiger partial charge in [0.1, 0.15) is 5.75 Å². The van der Waals surface area contributed by atoms with E-state index in [0.717, 1.165) is 26.7 Å². The summed E-state index contributed by atoms with van der Waals surface area (Å²) in [6, 6.07) is 22.8. The Bertz CT molecular complexity index is 1500. The van der Waals surface area contributed by atoms with Crippen LogP contribution in [0.2, 0.25) is 0 Å². The van der Waals surface area contributed by atoms with Gasteiger partial charge in [0.05, 0.1) is 28.5 Å². The molecule has 3 heterocycles. The molecule has 5 aromatic rings. The van der Waals surface area contributed by atoms with Gasteiger partial charge in [-0.1, -0.05) is 48.5 Å². The summed E-state index contributed by atoms with van der Waals surface area (Å²) in [6.45, 7) is 0.416. The lowest BCUT2D eigenvalue weighted by Gasteiger charge is -2.12. The number of hydrogen-bond donors (Lipinski definition) is 1. The number of carbonyl (C=O) groups is 1. The normalized spacial score (nSPS) is 11.0. The summed E-state index contributed by atoms with van der Waals surface area (Å²) in [5.41, 5.74) is 3.31. The summed E-state index contributed by atoms with van der Waals surface area (Å²) in [5.74, 6) is 0.413. The van der Waals surface area contributed by atoms with Crippen molar-refractivity contribution in [2.24, 2.45) is 0 Å². The van der Waals surface area contributed by atoms with Crippen molar-refractivity contribution in [3.63, 3.8) is 0 Å². The van der Waals surface area contributed by atoms with Crippen LogP contribution in [-0.4, -0.2) is 17.4 Å². The topological polar surface area (TPSA) is 59.8 Å². The third-order valence-electron chi connectivity index (χ3n) is 5.50. The van der Waals surface area contributed by atoms with E-state index >= 15 is 0 Å². The second-order valence-corrected chi connectivity index (χ2v) is 8.30. The molecule has 32 heavy (non-hydrogen) atoms. The standard InChI is InChI=1S/C26H20N2O3S/c1-31-23-10-6-5-9-18(23)20-11-12-22-24-19(13-14-32-24)21(16-28(22)26(20)30)25(29)27-15-17-7-3-2-4-8-17/h2-14,16H,15H2,1H3,(H,27,29). The Balaban J connectivity index is 1.64. The number of aromatic nitrogens is 1. The predicted molar refractivity (Wildman–Crippen MR) is 129 cm³/mol. The zero-order chi connectivity index (χ0) is 22.1. The Labute approximate surface area is 188 Å². The number of thiophene rings is 1. The number of ether oxygens (including phenoxy) is 1. The maximum atomic E-state index is 13.5. The fourth-order valence-corrected chi connectivity index (χ4v) is 4.84. The van der Waals surface area contributed by atoms with E-state index in [0.29, 0.717) is 23.4 Å². The van der Waals surface area contributed by atoms with Crippen molar-refractivity contribution in [3.05, 3.63) is 106 Å². The van der Waals surface area contributed by atoms with Crippen LogP contribution in [0.5, 0.6) is 5.75 Å². The van der Waals surface area contributed by atoms with Crippen LogP contribution in [-0.2, 0) is 6.54 Å². The molecule has 0 saturated heterocycles. The largest absolute Gasteiger partial charge is 0.496 e. The van der Waals surface area contributed by atoms with Crippen molar-refractivity contribution in [3.8, 4) is 16.9 Å². The van der Waals surface area contributed by atoms with Crippen LogP contribution in [0.15, 0.2) is 89.2 Å². The molecular weight excluding hydrogens is 420 g/mol. The monoisotopic (exact) mass is 440 g/mol. The molecule has 0 atom stereocenters. The highest BCUT2D eigenvalue weighted by atomic mass is 32.1. The number of methoxy groups -OCH3 is 1. The number of benzene rings is 2. The summed E-state index contributed by atoms with van der Waals surface area (Å²) in [4.78, 5) is 26.6. The van der Waals surface area contributed by atoms with Crippen LogP contribution in [0.25, 0.3) is 26.7 Å². The van der Waals surface area contributed by atoms with Gasteiger partial charge in [0.2, 0.25) is 0 Å². The minimum atomic E-state index is -0.214. The SMILES string of the molecule is COc1ccccc1-c1ccc2c3sccc3c(C(=O)NCc3ccccc3)cn2c1=O. The zero-order valence-electron chi connectivity index (χ0n) is 17.4. The van der Waals surface area contributed by atoms with Gasteiger partial charge in [0, 0.05) is 23.7 Å². The second kappa shape index (κ2) is 8.32. The third kappa shape index (κ3) is 3.44. The molecule has 0 fully saturated rings. The Morgan fingerprint density at radius 1 is 0.969 bits per heavy atom. The summed E-state index contributed by atoms with van der Waals surface area (Å²) < 4.78 is 7.92.